The van der Waals surface area contributed by atoms with Crippen molar-refractivity contribution in [1.29, 1.82) is 0 Å². The van der Waals surface area contributed by atoms with Crippen LogP contribution in [0.1, 0.15) is 24.5 Å². The molecule has 0 saturated heterocycles. The minimum atomic E-state index is 0.564. The van der Waals surface area contributed by atoms with Gasteiger partial charge in [-0.2, -0.15) is 0 Å². The molecule has 1 heterocycles. The third-order valence-corrected chi connectivity index (χ3v) is 4.60. The van der Waals surface area contributed by atoms with Crippen LogP contribution in [0, 0.1) is 0 Å². The predicted molar refractivity (Wildman–Crippen MR) is 106 cm³/mol. The van der Waals surface area contributed by atoms with E-state index in [1.54, 1.807) is 6.07 Å². The van der Waals surface area contributed by atoms with Gasteiger partial charge in [0.1, 0.15) is 5.75 Å². The van der Waals surface area contributed by atoms with Crippen LogP contribution >= 0.6 is 23.2 Å². The van der Waals surface area contributed by atoms with Gasteiger partial charge >= 0.3 is 0 Å². The number of benzene rings is 2. The van der Waals surface area contributed by atoms with Crippen LogP contribution in [0.2, 0.25) is 10.0 Å². The molecular weight excluding hydrogens is 355 g/mol. The number of nitrogens with one attached hydrogen (secondary N) is 2. The summed E-state index contributed by atoms with van der Waals surface area (Å²) in [5.41, 5.74) is 3.48. The number of hydrogen-bond acceptors (Lipinski definition) is 2. The second kappa shape index (κ2) is 8.61. The summed E-state index contributed by atoms with van der Waals surface area (Å²) < 4.78 is 5.80. The maximum Gasteiger partial charge on any atom is 0.142 e. The van der Waals surface area contributed by atoms with Crippen molar-refractivity contribution in [3.05, 3.63) is 63.8 Å². The number of fused-ring (bicyclic) bond motifs is 1. The van der Waals surface area contributed by atoms with Crippen molar-refractivity contribution in [2.24, 2.45) is 0 Å². The third kappa shape index (κ3) is 4.49. The summed E-state index contributed by atoms with van der Waals surface area (Å²) >= 11 is 12.4. The number of aromatic nitrogens is 1. The summed E-state index contributed by atoms with van der Waals surface area (Å²) in [4.78, 5) is 3.31. The Morgan fingerprint density at radius 1 is 1.12 bits per heavy atom. The Morgan fingerprint density at radius 2 is 1.96 bits per heavy atom. The largest absolute Gasteiger partial charge is 0.492 e. The number of aromatic amines is 1. The molecule has 0 saturated carbocycles. The highest BCUT2D eigenvalue weighted by atomic mass is 35.5. The number of hydrogen-bond donors (Lipinski definition) is 2. The first-order chi connectivity index (χ1) is 12.2. The average molecular weight is 377 g/mol. The lowest BCUT2D eigenvalue weighted by molar-refractivity contribution is 0.313. The van der Waals surface area contributed by atoms with Gasteiger partial charge in [0.15, 0.2) is 0 Å². The van der Waals surface area contributed by atoms with Gasteiger partial charge in [0.2, 0.25) is 0 Å². The molecule has 0 fully saturated rings. The third-order valence-electron chi connectivity index (χ3n) is 4.10. The van der Waals surface area contributed by atoms with E-state index in [1.165, 1.54) is 16.5 Å². The molecule has 25 heavy (non-hydrogen) atoms. The minimum absolute atomic E-state index is 0.564. The molecule has 0 radical (unpaired) electrons. The van der Waals surface area contributed by atoms with Gasteiger partial charge in [-0.3, -0.25) is 0 Å². The van der Waals surface area contributed by atoms with Crippen molar-refractivity contribution < 1.29 is 4.74 Å². The minimum Gasteiger partial charge on any atom is -0.492 e. The summed E-state index contributed by atoms with van der Waals surface area (Å²) in [7, 11) is 0. The van der Waals surface area contributed by atoms with E-state index in [0.29, 0.717) is 23.2 Å². The Kier molecular flexibility index (Phi) is 6.24. The highest BCUT2D eigenvalue weighted by Crippen LogP contribution is 2.32. The van der Waals surface area contributed by atoms with Crippen molar-refractivity contribution in [3.8, 4) is 5.75 Å². The average Bonchev–Trinajstić information content (AvgIpc) is 3.01. The molecule has 0 unspecified atom stereocenters. The van der Waals surface area contributed by atoms with Gasteiger partial charge in [0, 0.05) is 34.2 Å². The Hall–Kier alpha value is -1.68. The predicted octanol–water partition coefficient (Wildman–Crippen LogP) is 5.60. The van der Waals surface area contributed by atoms with Gasteiger partial charge in [-0.15, -0.1) is 0 Å². The van der Waals surface area contributed by atoms with Gasteiger partial charge < -0.3 is 15.0 Å². The lowest BCUT2D eigenvalue weighted by atomic mass is 10.1. The first-order valence-electron chi connectivity index (χ1n) is 8.55. The van der Waals surface area contributed by atoms with Crippen LogP contribution in [0.4, 0.5) is 0 Å². The Labute approximate surface area is 158 Å². The molecule has 5 heteroatoms. The fraction of sp³-hybridized carbons (Fsp3) is 0.300. The standard InChI is InChI=1S/C20H22Cl2N2O/c1-2-9-25-20-15(10-16(21)11-18(20)22)12-23-8-7-14-13-24-19-6-4-3-5-17(14)19/h3-6,10-11,13,23-24H,2,7-9,12H2,1H3. The molecule has 0 atom stereocenters. The highest BCUT2D eigenvalue weighted by molar-refractivity contribution is 6.35. The summed E-state index contributed by atoms with van der Waals surface area (Å²) in [6.45, 7) is 4.24. The van der Waals surface area contributed by atoms with Crippen LogP contribution in [0.25, 0.3) is 10.9 Å². The fourth-order valence-electron chi connectivity index (χ4n) is 2.90. The van der Waals surface area contributed by atoms with Crippen molar-refractivity contribution in [2.45, 2.75) is 26.3 Å². The molecule has 0 aliphatic rings. The van der Waals surface area contributed by atoms with E-state index in [0.717, 1.165) is 30.7 Å². The topological polar surface area (TPSA) is 37.0 Å². The first-order valence-corrected chi connectivity index (χ1v) is 9.31. The summed E-state index contributed by atoms with van der Waals surface area (Å²) in [6.07, 6.45) is 3.97. The molecule has 3 rings (SSSR count). The second-order valence-corrected chi connectivity index (χ2v) is 6.85. The molecule has 0 spiro atoms. The molecular formula is C20H22Cl2N2O. The molecule has 0 aliphatic heterocycles. The summed E-state index contributed by atoms with van der Waals surface area (Å²) in [5.74, 6) is 0.729. The smallest absolute Gasteiger partial charge is 0.142 e. The van der Waals surface area contributed by atoms with Crippen LogP contribution in [0.5, 0.6) is 5.75 Å². The zero-order valence-corrected chi connectivity index (χ0v) is 15.8. The zero-order valence-electron chi connectivity index (χ0n) is 14.2. The Morgan fingerprint density at radius 3 is 2.80 bits per heavy atom. The molecule has 1 aromatic heterocycles. The van der Waals surface area contributed by atoms with E-state index >= 15 is 0 Å². The number of ether oxygens (including phenoxy) is 1. The monoisotopic (exact) mass is 376 g/mol. The van der Waals surface area contributed by atoms with E-state index in [-0.39, 0.29) is 0 Å². The van der Waals surface area contributed by atoms with Crippen molar-refractivity contribution in [1.82, 2.24) is 10.3 Å². The number of H-pyrrole nitrogens is 1. The summed E-state index contributed by atoms with van der Waals surface area (Å²) in [5, 5.41) is 5.94. The van der Waals surface area contributed by atoms with Crippen LogP contribution < -0.4 is 10.1 Å². The van der Waals surface area contributed by atoms with Crippen LogP contribution in [-0.4, -0.2) is 18.1 Å². The fourth-order valence-corrected chi connectivity index (χ4v) is 3.49. The lowest BCUT2D eigenvalue weighted by Gasteiger charge is -2.14. The molecule has 0 amide bonds. The molecule has 0 aliphatic carbocycles. The maximum absolute atomic E-state index is 6.29. The molecule has 3 nitrogen and oxygen atoms in total. The normalized spacial score (nSPS) is 11.2. The maximum atomic E-state index is 6.29. The van der Waals surface area contributed by atoms with Crippen LogP contribution in [0.15, 0.2) is 42.6 Å². The van der Waals surface area contributed by atoms with E-state index in [4.69, 9.17) is 27.9 Å². The Bertz CT molecular complexity index is 845. The number of halogens is 2. The van der Waals surface area contributed by atoms with E-state index in [2.05, 4.69) is 41.6 Å². The zero-order chi connectivity index (χ0) is 17.6. The number of rotatable bonds is 8. The summed E-state index contributed by atoms with van der Waals surface area (Å²) in [6, 6.07) is 12.0. The molecule has 2 N–H and O–H groups in total. The van der Waals surface area contributed by atoms with Crippen molar-refractivity contribution in [3.63, 3.8) is 0 Å². The molecule has 2 aromatic carbocycles. The van der Waals surface area contributed by atoms with Crippen LogP contribution in [0.3, 0.4) is 0 Å². The van der Waals surface area contributed by atoms with Gasteiger partial charge in [-0.1, -0.05) is 48.3 Å². The number of para-hydroxylation sites is 1. The van der Waals surface area contributed by atoms with Gasteiger partial charge in [0.05, 0.1) is 11.6 Å². The second-order valence-electron chi connectivity index (χ2n) is 6.01. The quantitative estimate of drug-likeness (QED) is 0.502. The van der Waals surface area contributed by atoms with Gasteiger partial charge in [0.25, 0.3) is 0 Å². The Balaban J connectivity index is 1.62. The van der Waals surface area contributed by atoms with E-state index < -0.39 is 0 Å². The SMILES string of the molecule is CCCOc1c(Cl)cc(Cl)cc1CNCCc1c[nH]c2ccccc12. The molecule has 0 bridgehead atoms. The van der Waals surface area contributed by atoms with E-state index in [1.807, 2.05) is 12.1 Å². The van der Waals surface area contributed by atoms with Crippen LogP contribution in [-0.2, 0) is 13.0 Å². The first kappa shape index (κ1) is 18.1. The van der Waals surface area contributed by atoms with E-state index in [9.17, 15) is 0 Å². The molecule has 3 aromatic rings. The van der Waals surface area contributed by atoms with Crippen molar-refractivity contribution >= 4 is 34.1 Å². The van der Waals surface area contributed by atoms with Gasteiger partial charge in [-0.05, 0) is 43.1 Å². The van der Waals surface area contributed by atoms with Crippen molar-refractivity contribution in [2.75, 3.05) is 13.2 Å². The lowest BCUT2D eigenvalue weighted by Crippen LogP contribution is -2.17. The highest BCUT2D eigenvalue weighted by Gasteiger charge is 2.11. The molecule has 132 valence electrons. The van der Waals surface area contributed by atoms with Gasteiger partial charge in [-0.25, -0.2) is 0 Å².